The molecule has 8 aromatic rings. The van der Waals surface area contributed by atoms with Crippen molar-refractivity contribution in [1.29, 1.82) is 0 Å². The third-order valence-electron chi connectivity index (χ3n) is 9.13. The van der Waals surface area contributed by atoms with Crippen molar-refractivity contribution in [3.05, 3.63) is 212 Å². The second kappa shape index (κ2) is 13.7. The van der Waals surface area contributed by atoms with Gasteiger partial charge in [-0.1, -0.05) is 188 Å². The lowest BCUT2D eigenvalue weighted by atomic mass is 9.96. The molecule has 0 aromatic heterocycles. The van der Waals surface area contributed by atoms with E-state index in [-0.39, 0.29) is 0 Å². The lowest BCUT2D eigenvalue weighted by molar-refractivity contribution is 1.28. The highest BCUT2D eigenvalue weighted by Gasteiger charge is 2.20. The van der Waals surface area contributed by atoms with Gasteiger partial charge in [0.15, 0.2) is 0 Å². The van der Waals surface area contributed by atoms with Gasteiger partial charge < -0.3 is 4.90 Å². The maximum absolute atomic E-state index is 2.41. The molecule has 0 saturated carbocycles. The van der Waals surface area contributed by atoms with E-state index in [1.54, 1.807) is 0 Å². The van der Waals surface area contributed by atoms with Crippen LogP contribution in [-0.4, -0.2) is 0 Å². The van der Waals surface area contributed by atoms with Crippen molar-refractivity contribution >= 4 is 17.1 Å². The highest BCUT2D eigenvalue weighted by atomic mass is 15.1. The Morgan fingerprint density at radius 3 is 0.837 bits per heavy atom. The van der Waals surface area contributed by atoms with Crippen molar-refractivity contribution in [2.24, 2.45) is 0 Å². The van der Waals surface area contributed by atoms with Gasteiger partial charge in [0, 0.05) is 16.8 Å². The normalized spacial score (nSPS) is 10.9. The van der Waals surface area contributed by atoms with Crippen LogP contribution in [0, 0.1) is 0 Å². The van der Waals surface area contributed by atoms with Gasteiger partial charge in [0.05, 0.1) is 11.4 Å². The van der Waals surface area contributed by atoms with E-state index in [0.717, 1.165) is 17.1 Å². The molecular formula is C48H35N. The highest BCUT2D eigenvalue weighted by molar-refractivity contribution is 5.94. The molecule has 8 rings (SSSR count). The molecule has 0 fully saturated rings. The van der Waals surface area contributed by atoms with Crippen molar-refractivity contribution in [2.75, 3.05) is 4.90 Å². The summed E-state index contributed by atoms with van der Waals surface area (Å²) >= 11 is 0. The molecule has 0 atom stereocenters. The average Bonchev–Trinajstić information content (AvgIpc) is 3.20. The Balaban J connectivity index is 1.26. The zero-order valence-corrected chi connectivity index (χ0v) is 27.2. The number of benzene rings is 8. The minimum Gasteiger partial charge on any atom is -0.309 e. The number of hydrogen-bond acceptors (Lipinski definition) is 1. The Morgan fingerprint density at radius 2 is 0.469 bits per heavy atom. The molecule has 0 aliphatic carbocycles. The van der Waals surface area contributed by atoms with Gasteiger partial charge in [-0.2, -0.15) is 0 Å². The van der Waals surface area contributed by atoms with Crippen LogP contribution < -0.4 is 4.90 Å². The zero-order chi connectivity index (χ0) is 32.8. The van der Waals surface area contributed by atoms with Crippen LogP contribution in [0.1, 0.15) is 0 Å². The van der Waals surface area contributed by atoms with E-state index in [2.05, 4.69) is 217 Å². The van der Waals surface area contributed by atoms with Crippen LogP contribution in [-0.2, 0) is 0 Å². The van der Waals surface area contributed by atoms with Crippen LogP contribution in [0.15, 0.2) is 212 Å². The summed E-state index contributed by atoms with van der Waals surface area (Å²) in [5, 5.41) is 0. The number of anilines is 3. The van der Waals surface area contributed by atoms with Gasteiger partial charge in [0.1, 0.15) is 0 Å². The van der Waals surface area contributed by atoms with Crippen molar-refractivity contribution in [2.45, 2.75) is 0 Å². The van der Waals surface area contributed by atoms with Crippen LogP contribution in [0.5, 0.6) is 0 Å². The topological polar surface area (TPSA) is 3.24 Å². The molecule has 1 nitrogen and oxygen atoms in total. The quantitative estimate of drug-likeness (QED) is 0.162. The second-order valence-corrected chi connectivity index (χ2v) is 12.2. The Kier molecular flexibility index (Phi) is 8.39. The summed E-state index contributed by atoms with van der Waals surface area (Å²) in [5.41, 5.74) is 15.3. The van der Waals surface area contributed by atoms with Gasteiger partial charge in [-0.15, -0.1) is 0 Å². The molecule has 1 heteroatoms. The number of para-hydroxylation sites is 2. The van der Waals surface area contributed by atoms with Gasteiger partial charge in [-0.3, -0.25) is 0 Å². The largest absolute Gasteiger partial charge is 0.309 e. The average molecular weight is 626 g/mol. The molecule has 0 unspecified atom stereocenters. The van der Waals surface area contributed by atoms with Gasteiger partial charge in [-0.25, -0.2) is 0 Å². The Labute approximate surface area is 289 Å². The SMILES string of the molecule is c1ccc(-c2ccc(-c3ccccc3N(c3ccc(-c4ccccc4)cc3)c3ccccc3-c3ccc(-c4ccccc4)cc3)cc2)cc1. The van der Waals surface area contributed by atoms with Gasteiger partial charge in [0.25, 0.3) is 0 Å². The molecule has 0 N–H and O–H groups in total. The van der Waals surface area contributed by atoms with E-state index in [1.165, 1.54) is 55.6 Å². The molecule has 0 heterocycles. The molecule has 0 aliphatic rings. The fourth-order valence-corrected chi connectivity index (χ4v) is 6.61. The summed E-state index contributed by atoms with van der Waals surface area (Å²) < 4.78 is 0. The van der Waals surface area contributed by atoms with Crippen LogP contribution in [0.2, 0.25) is 0 Å². The first-order chi connectivity index (χ1) is 24.3. The maximum Gasteiger partial charge on any atom is 0.0540 e. The Bertz CT molecular complexity index is 2150. The minimum atomic E-state index is 1.10. The van der Waals surface area contributed by atoms with Crippen molar-refractivity contribution in [1.82, 2.24) is 0 Å². The van der Waals surface area contributed by atoms with E-state index < -0.39 is 0 Å². The lowest BCUT2D eigenvalue weighted by Crippen LogP contribution is -2.12. The molecular weight excluding hydrogens is 591 g/mol. The fraction of sp³-hybridized carbons (Fsp3) is 0. The third kappa shape index (κ3) is 6.31. The molecule has 0 bridgehead atoms. The van der Waals surface area contributed by atoms with Crippen LogP contribution in [0.3, 0.4) is 0 Å². The number of rotatable bonds is 8. The van der Waals surface area contributed by atoms with E-state index in [9.17, 15) is 0 Å². The summed E-state index contributed by atoms with van der Waals surface area (Å²) in [6.45, 7) is 0. The Hall–Kier alpha value is -6.44. The van der Waals surface area contributed by atoms with E-state index in [0.29, 0.717) is 0 Å². The van der Waals surface area contributed by atoms with Crippen molar-refractivity contribution in [3.63, 3.8) is 0 Å². The predicted octanol–water partition coefficient (Wildman–Crippen LogP) is 13.5. The van der Waals surface area contributed by atoms with Gasteiger partial charge in [-0.05, 0) is 68.8 Å². The monoisotopic (exact) mass is 625 g/mol. The first-order valence-corrected chi connectivity index (χ1v) is 16.8. The predicted molar refractivity (Wildman–Crippen MR) is 208 cm³/mol. The maximum atomic E-state index is 2.41. The zero-order valence-electron chi connectivity index (χ0n) is 27.2. The Morgan fingerprint density at radius 1 is 0.204 bits per heavy atom. The number of hydrogen-bond donors (Lipinski definition) is 0. The summed E-state index contributed by atoms with van der Waals surface area (Å²) in [6.07, 6.45) is 0. The first kappa shape index (κ1) is 29.9. The van der Waals surface area contributed by atoms with Gasteiger partial charge >= 0.3 is 0 Å². The van der Waals surface area contributed by atoms with E-state index >= 15 is 0 Å². The van der Waals surface area contributed by atoms with Crippen LogP contribution >= 0.6 is 0 Å². The molecule has 0 amide bonds. The summed E-state index contributed by atoms with van der Waals surface area (Å²) in [5.74, 6) is 0. The first-order valence-electron chi connectivity index (χ1n) is 16.8. The second-order valence-electron chi connectivity index (χ2n) is 12.2. The van der Waals surface area contributed by atoms with Crippen LogP contribution in [0.4, 0.5) is 17.1 Å². The minimum absolute atomic E-state index is 1.10. The molecule has 0 radical (unpaired) electrons. The third-order valence-corrected chi connectivity index (χ3v) is 9.13. The molecule has 0 saturated heterocycles. The summed E-state index contributed by atoms with van der Waals surface area (Å²) in [7, 11) is 0. The van der Waals surface area contributed by atoms with Crippen LogP contribution in [0.25, 0.3) is 55.6 Å². The molecule has 49 heavy (non-hydrogen) atoms. The highest BCUT2D eigenvalue weighted by Crippen LogP contribution is 2.45. The fourth-order valence-electron chi connectivity index (χ4n) is 6.61. The molecule has 0 spiro atoms. The standard InChI is InChI=1S/C48H35N/c1-4-14-36(15-5-1)39-24-28-42(29-25-39)45-20-10-12-22-47(45)49(44-34-32-41(33-35-44)38-18-8-3-9-19-38)48-23-13-11-21-46(48)43-30-26-40(27-31-43)37-16-6-2-7-17-37/h1-35H. The molecule has 232 valence electrons. The smallest absolute Gasteiger partial charge is 0.0540 e. The summed E-state index contributed by atoms with van der Waals surface area (Å²) in [6, 6.07) is 76.0. The summed E-state index contributed by atoms with van der Waals surface area (Å²) in [4.78, 5) is 2.41. The van der Waals surface area contributed by atoms with E-state index in [4.69, 9.17) is 0 Å². The van der Waals surface area contributed by atoms with Crippen molar-refractivity contribution < 1.29 is 0 Å². The molecule has 0 aliphatic heterocycles. The lowest BCUT2D eigenvalue weighted by Gasteiger charge is -2.30. The number of nitrogens with zero attached hydrogens (tertiary/aromatic N) is 1. The van der Waals surface area contributed by atoms with Gasteiger partial charge in [0.2, 0.25) is 0 Å². The molecule has 8 aromatic carbocycles. The van der Waals surface area contributed by atoms with Crippen molar-refractivity contribution in [3.8, 4) is 55.6 Å². The van der Waals surface area contributed by atoms with E-state index in [1.807, 2.05) is 0 Å².